The highest BCUT2D eigenvalue weighted by molar-refractivity contribution is 7.99. The summed E-state index contributed by atoms with van der Waals surface area (Å²) in [7, 11) is 0. The molecule has 2 aromatic heterocycles. The van der Waals surface area contributed by atoms with Crippen molar-refractivity contribution in [1.82, 2.24) is 19.7 Å². The molecule has 2 aromatic carbocycles. The minimum absolute atomic E-state index is 0.136. The standard InChI is InChI=1S/C27H30N6OS2/c1-5-16-33-25(21-12-14-22(15-13-21)32(6-2)7-3)30-31-27(33)36-18-24(34)29-26-28-23(17-35-26)20-10-8-19(4)9-11-20/h5,8-15,17H,1,6-7,16,18H2,2-4H3,(H,28,29,34). The number of carbonyl (C=O) groups excluding carboxylic acids is 1. The molecule has 0 aliphatic heterocycles. The molecule has 0 radical (unpaired) electrons. The van der Waals surface area contributed by atoms with Crippen LogP contribution in [0.15, 0.2) is 71.7 Å². The summed E-state index contributed by atoms with van der Waals surface area (Å²) in [4.78, 5) is 19.5. The van der Waals surface area contributed by atoms with Crippen LogP contribution in [-0.2, 0) is 11.3 Å². The van der Waals surface area contributed by atoms with E-state index in [-0.39, 0.29) is 11.7 Å². The van der Waals surface area contributed by atoms with E-state index in [1.54, 1.807) is 0 Å². The molecule has 1 N–H and O–H groups in total. The fourth-order valence-electron chi connectivity index (χ4n) is 3.79. The number of aryl methyl sites for hydroxylation is 1. The Kier molecular flexibility index (Phi) is 8.56. The van der Waals surface area contributed by atoms with Crippen LogP contribution in [-0.4, -0.2) is 44.5 Å². The van der Waals surface area contributed by atoms with E-state index in [0.717, 1.165) is 35.7 Å². The van der Waals surface area contributed by atoms with Gasteiger partial charge in [-0.1, -0.05) is 47.7 Å². The van der Waals surface area contributed by atoms with Crippen LogP contribution in [0.1, 0.15) is 19.4 Å². The molecule has 4 rings (SSSR count). The third kappa shape index (κ3) is 6.03. The van der Waals surface area contributed by atoms with Crippen molar-refractivity contribution in [3.05, 3.63) is 72.1 Å². The number of carbonyl (C=O) groups is 1. The van der Waals surface area contributed by atoms with Crippen LogP contribution in [0.25, 0.3) is 22.6 Å². The largest absolute Gasteiger partial charge is 0.372 e. The van der Waals surface area contributed by atoms with Crippen molar-refractivity contribution in [2.24, 2.45) is 0 Å². The summed E-state index contributed by atoms with van der Waals surface area (Å²) < 4.78 is 1.98. The Balaban J connectivity index is 1.41. The number of thioether (sulfide) groups is 1. The monoisotopic (exact) mass is 518 g/mol. The molecule has 0 saturated carbocycles. The van der Waals surface area contributed by atoms with E-state index in [9.17, 15) is 4.79 Å². The van der Waals surface area contributed by atoms with E-state index in [1.807, 2.05) is 28.2 Å². The SMILES string of the molecule is C=CCn1c(SCC(=O)Nc2nc(-c3ccc(C)cc3)cs2)nnc1-c1ccc(N(CC)CC)cc1. The van der Waals surface area contributed by atoms with Gasteiger partial charge in [-0.2, -0.15) is 0 Å². The van der Waals surface area contributed by atoms with Crippen LogP contribution in [0.3, 0.4) is 0 Å². The number of amides is 1. The number of anilines is 2. The molecule has 0 saturated heterocycles. The lowest BCUT2D eigenvalue weighted by molar-refractivity contribution is -0.113. The molecule has 9 heteroatoms. The molecule has 0 atom stereocenters. The molecule has 0 unspecified atom stereocenters. The van der Waals surface area contributed by atoms with Crippen molar-refractivity contribution < 1.29 is 4.79 Å². The highest BCUT2D eigenvalue weighted by Crippen LogP contribution is 2.28. The highest BCUT2D eigenvalue weighted by atomic mass is 32.2. The normalized spacial score (nSPS) is 10.9. The Morgan fingerprint density at radius 3 is 2.44 bits per heavy atom. The lowest BCUT2D eigenvalue weighted by Crippen LogP contribution is -2.21. The lowest BCUT2D eigenvalue weighted by atomic mass is 10.1. The van der Waals surface area contributed by atoms with Gasteiger partial charge in [-0.25, -0.2) is 4.98 Å². The van der Waals surface area contributed by atoms with Gasteiger partial charge in [0.05, 0.1) is 11.4 Å². The number of rotatable bonds is 11. The molecule has 186 valence electrons. The molecule has 2 heterocycles. The number of hydrogen-bond acceptors (Lipinski definition) is 7. The van der Waals surface area contributed by atoms with Crippen molar-refractivity contribution in [3.8, 4) is 22.6 Å². The molecule has 36 heavy (non-hydrogen) atoms. The van der Waals surface area contributed by atoms with Crippen LogP contribution in [0, 0.1) is 6.92 Å². The first-order chi connectivity index (χ1) is 17.5. The Hall–Kier alpha value is -3.43. The van der Waals surface area contributed by atoms with Crippen LogP contribution in [0.4, 0.5) is 10.8 Å². The van der Waals surface area contributed by atoms with Crippen molar-refractivity contribution in [3.63, 3.8) is 0 Å². The first-order valence-electron chi connectivity index (χ1n) is 11.9. The number of nitrogens with one attached hydrogen (secondary N) is 1. The van der Waals surface area contributed by atoms with E-state index in [0.29, 0.717) is 16.8 Å². The average Bonchev–Trinajstić information content (AvgIpc) is 3.52. The summed E-state index contributed by atoms with van der Waals surface area (Å²) in [5, 5.41) is 14.9. The molecular weight excluding hydrogens is 488 g/mol. The summed E-state index contributed by atoms with van der Waals surface area (Å²) in [5.41, 5.74) is 5.23. The maximum Gasteiger partial charge on any atom is 0.236 e. The maximum atomic E-state index is 12.6. The molecule has 0 spiro atoms. The van der Waals surface area contributed by atoms with Crippen molar-refractivity contribution >= 4 is 39.8 Å². The summed E-state index contributed by atoms with van der Waals surface area (Å²) in [6.07, 6.45) is 1.81. The number of aromatic nitrogens is 4. The van der Waals surface area contributed by atoms with Gasteiger partial charge >= 0.3 is 0 Å². The Bertz CT molecular complexity index is 1310. The number of benzene rings is 2. The van der Waals surface area contributed by atoms with Gasteiger partial charge in [0, 0.05) is 41.8 Å². The van der Waals surface area contributed by atoms with E-state index in [4.69, 9.17) is 0 Å². The Morgan fingerprint density at radius 2 is 1.78 bits per heavy atom. The number of thiazole rings is 1. The zero-order chi connectivity index (χ0) is 25.5. The van der Waals surface area contributed by atoms with Gasteiger partial charge in [-0.3, -0.25) is 9.36 Å². The lowest BCUT2D eigenvalue weighted by Gasteiger charge is -2.21. The minimum atomic E-state index is -0.136. The van der Waals surface area contributed by atoms with Crippen molar-refractivity contribution in [2.45, 2.75) is 32.5 Å². The summed E-state index contributed by atoms with van der Waals surface area (Å²) in [5.74, 6) is 0.824. The third-order valence-corrected chi connectivity index (χ3v) is 7.44. The second-order valence-corrected chi connectivity index (χ2v) is 9.97. The second-order valence-electron chi connectivity index (χ2n) is 8.17. The van der Waals surface area contributed by atoms with Gasteiger partial charge in [-0.05, 0) is 45.0 Å². The minimum Gasteiger partial charge on any atom is -0.372 e. The van der Waals surface area contributed by atoms with Gasteiger partial charge in [0.15, 0.2) is 16.1 Å². The predicted octanol–water partition coefficient (Wildman–Crippen LogP) is 6.14. The summed E-state index contributed by atoms with van der Waals surface area (Å²) in [6.45, 7) is 12.7. The topological polar surface area (TPSA) is 75.9 Å². The van der Waals surface area contributed by atoms with Gasteiger partial charge in [0.1, 0.15) is 0 Å². The van der Waals surface area contributed by atoms with Gasteiger partial charge < -0.3 is 10.2 Å². The third-order valence-electron chi connectivity index (χ3n) is 5.71. The average molecular weight is 519 g/mol. The van der Waals surface area contributed by atoms with E-state index >= 15 is 0 Å². The maximum absolute atomic E-state index is 12.6. The molecule has 7 nitrogen and oxygen atoms in total. The van der Waals surface area contributed by atoms with Crippen molar-refractivity contribution in [2.75, 3.05) is 29.1 Å². The number of nitrogens with zero attached hydrogens (tertiary/aromatic N) is 5. The molecule has 4 aromatic rings. The van der Waals surface area contributed by atoms with Crippen LogP contribution >= 0.6 is 23.1 Å². The zero-order valence-electron chi connectivity index (χ0n) is 20.8. The fraction of sp³-hybridized carbons (Fsp3) is 0.259. The first-order valence-corrected chi connectivity index (χ1v) is 13.7. The predicted molar refractivity (Wildman–Crippen MR) is 151 cm³/mol. The van der Waals surface area contributed by atoms with E-state index in [2.05, 4.69) is 89.1 Å². The second kappa shape index (κ2) is 12.0. The molecule has 0 aliphatic carbocycles. The Labute approximate surface area is 220 Å². The highest BCUT2D eigenvalue weighted by Gasteiger charge is 2.16. The van der Waals surface area contributed by atoms with Gasteiger partial charge in [-0.15, -0.1) is 28.1 Å². The first kappa shape index (κ1) is 25.7. The van der Waals surface area contributed by atoms with Crippen LogP contribution in [0.5, 0.6) is 0 Å². The summed E-state index contributed by atoms with van der Waals surface area (Å²) in [6, 6.07) is 16.5. The quantitative estimate of drug-likeness (QED) is 0.190. The van der Waals surface area contributed by atoms with E-state index < -0.39 is 0 Å². The van der Waals surface area contributed by atoms with Gasteiger partial charge in [0.25, 0.3) is 0 Å². The van der Waals surface area contributed by atoms with Crippen LogP contribution in [0.2, 0.25) is 0 Å². The van der Waals surface area contributed by atoms with Crippen molar-refractivity contribution in [1.29, 1.82) is 0 Å². The smallest absolute Gasteiger partial charge is 0.236 e. The molecule has 0 aliphatic rings. The van der Waals surface area contributed by atoms with Crippen LogP contribution < -0.4 is 10.2 Å². The van der Waals surface area contributed by atoms with E-state index in [1.165, 1.54) is 34.3 Å². The zero-order valence-corrected chi connectivity index (χ0v) is 22.4. The molecule has 0 fully saturated rings. The fourth-order valence-corrected chi connectivity index (χ4v) is 5.27. The number of hydrogen-bond donors (Lipinski definition) is 1. The van der Waals surface area contributed by atoms with Gasteiger partial charge in [0.2, 0.25) is 5.91 Å². The molecule has 0 bridgehead atoms. The summed E-state index contributed by atoms with van der Waals surface area (Å²) >= 11 is 2.76. The molecular formula is C27H30N6OS2. The Morgan fingerprint density at radius 1 is 1.08 bits per heavy atom. The number of allylic oxidation sites excluding steroid dienone is 1. The molecule has 1 amide bonds.